The number of guanidine groups is 1. The lowest BCUT2D eigenvalue weighted by Gasteiger charge is -2.35. The van der Waals surface area contributed by atoms with Crippen molar-refractivity contribution >= 4 is 17.6 Å². The van der Waals surface area contributed by atoms with Crippen molar-refractivity contribution < 1.29 is 4.79 Å². The van der Waals surface area contributed by atoms with E-state index in [2.05, 4.69) is 11.6 Å². The molecule has 1 aromatic carbocycles. The summed E-state index contributed by atoms with van der Waals surface area (Å²) in [5.41, 5.74) is 1.67. The lowest BCUT2D eigenvalue weighted by Crippen LogP contribution is -2.49. The average Bonchev–Trinajstić information content (AvgIpc) is 2.84. The summed E-state index contributed by atoms with van der Waals surface area (Å²) < 4.78 is 0. The third-order valence-corrected chi connectivity index (χ3v) is 3.04. The van der Waals surface area contributed by atoms with Crippen LogP contribution in [-0.2, 0) is 0 Å². The Morgan fingerprint density at radius 2 is 2.24 bits per heavy atom. The van der Waals surface area contributed by atoms with Crippen molar-refractivity contribution in [2.24, 2.45) is 4.99 Å². The van der Waals surface area contributed by atoms with Crippen LogP contribution in [0.2, 0.25) is 0 Å². The predicted molar refractivity (Wildman–Crippen MR) is 67.3 cm³/mol. The minimum atomic E-state index is 0.0529. The molecular weight excluding hydrogens is 214 g/mol. The molecule has 2 heterocycles. The van der Waals surface area contributed by atoms with Crippen LogP contribution in [0.15, 0.2) is 41.9 Å². The molecule has 0 saturated carbocycles. The summed E-state index contributed by atoms with van der Waals surface area (Å²) in [6.07, 6.45) is 1.82. The lowest BCUT2D eigenvalue weighted by atomic mass is 10.1. The number of benzene rings is 1. The van der Waals surface area contributed by atoms with E-state index in [1.807, 2.05) is 35.2 Å². The molecule has 0 aliphatic carbocycles. The first-order chi connectivity index (χ1) is 8.33. The van der Waals surface area contributed by atoms with Crippen LogP contribution in [0.1, 0.15) is 10.4 Å². The van der Waals surface area contributed by atoms with Gasteiger partial charge in [-0.05, 0) is 12.1 Å². The van der Waals surface area contributed by atoms with Gasteiger partial charge in [-0.2, -0.15) is 0 Å². The van der Waals surface area contributed by atoms with Crippen molar-refractivity contribution in [2.75, 3.05) is 24.5 Å². The summed E-state index contributed by atoms with van der Waals surface area (Å²) in [7, 11) is 0. The first-order valence-electron chi connectivity index (χ1n) is 5.66. The third-order valence-electron chi connectivity index (χ3n) is 3.04. The van der Waals surface area contributed by atoms with Gasteiger partial charge in [-0.3, -0.25) is 14.7 Å². The number of anilines is 1. The van der Waals surface area contributed by atoms with Gasteiger partial charge in [0.1, 0.15) is 0 Å². The second-order valence-corrected chi connectivity index (χ2v) is 4.05. The molecule has 3 rings (SSSR count). The molecule has 0 unspecified atom stereocenters. The monoisotopic (exact) mass is 227 g/mol. The summed E-state index contributed by atoms with van der Waals surface area (Å²) in [6, 6.07) is 7.65. The van der Waals surface area contributed by atoms with Gasteiger partial charge < -0.3 is 4.90 Å². The first-order valence-corrected chi connectivity index (χ1v) is 5.66. The molecule has 0 saturated heterocycles. The van der Waals surface area contributed by atoms with E-state index in [0.29, 0.717) is 19.6 Å². The number of hydrogen-bond donors (Lipinski definition) is 0. The molecule has 2 aliphatic rings. The van der Waals surface area contributed by atoms with Gasteiger partial charge in [0.05, 0.1) is 17.8 Å². The average molecular weight is 227 g/mol. The maximum absolute atomic E-state index is 12.2. The van der Waals surface area contributed by atoms with E-state index >= 15 is 0 Å². The van der Waals surface area contributed by atoms with Crippen LogP contribution >= 0.6 is 0 Å². The Hall–Kier alpha value is -2.10. The van der Waals surface area contributed by atoms with Gasteiger partial charge in [0.25, 0.3) is 5.91 Å². The van der Waals surface area contributed by atoms with Gasteiger partial charge in [0.15, 0.2) is 0 Å². The number of hydrogen-bond acceptors (Lipinski definition) is 3. The quantitative estimate of drug-likeness (QED) is 0.718. The smallest absolute Gasteiger partial charge is 0.262 e. The maximum Gasteiger partial charge on any atom is 0.262 e. The second-order valence-electron chi connectivity index (χ2n) is 4.05. The second kappa shape index (κ2) is 3.73. The number of nitrogens with zero attached hydrogens (tertiary/aromatic N) is 3. The van der Waals surface area contributed by atoms with Crippen LogP contribution in [0.3, 0.4) is 0 Å². The zero-order valence-corrected chi connectivity index (χ0v) is 9.47. The third kappa shape index (κ3) is 1.37. The number of carbonyl (C=O) groups is 1. The van der Waals surface area contributed by atoms with Gasteiger partial charge in [0, 0.05) is 13.1 Å². The standard InChI is InChI=1S/C13H13N3O/c1-2-8-15-11-6-4-3-5-10(11)12(17)16-9-7-14-13(15)16/h2-6H,1,7-9H2. The normalized spacial score (nSPS) is 17.6. The fraction of sp³-hybridized carbons (Fsp3) is 0.231. The van der Waals surface area contributed by atoms with Crippen LogP contribution in [-0.4, -0.2) is 36.4 Å². The first kappa shape index (κ1) is 10.1. The maximum atomic E-state index is 12.2. The van der Waals surface area contributed by atoms with E-state index in [4.69, 9.17) is 0 Å². The zero-order chi connectivity index (χ0) is 11.8. The number of amides is 1. The van der Waals surface area contributed by atoms with E-state index in [1.165, 1.54) is 0 Å². The molecule has 0 spiro atoms. The molecule has 1 aromatic rings. The molecule has 4 nitrogen and oxygen atoms in total. The van der Waals surface area contributed by atoms with Gasteiger partial charge in [-0.15, -0.1) is 6.58 Å². The van der Waals surface area contributed by atoms with E-state index in [-0.39, 0.29) is 5.91 Å². The summed E-state index contributed by atoms with van der Waals surface area (Å²) in [5.74, 6) is 0.811. The minimum Gasteiger partial charge on any atom is -0.308 e. The van der Waals surface area contributed by atoms with Crippen molar-refractivity contribution in [1.82, 2.24) is 4.90 Å². The Balaban J connectivity index is 2.16. The molecule has 17 heavy (non-hydrogen) atoms. The highest BCUT2D eigenvalue weighted by molar-refractivity contribution is 6.19. The molecule has 0 bridgehead atoms. The molecule has 4 heteroatoms. The summed E-state index contributed by atoms with van der Waals surface area (Å²) >= 11 is 0. The fourth-order valence-electron chi connectivity index (χ4n) is 2.31. The Morgan fingerprint density at radius 3 is 3.06 bits per heavy atom. The number of rotatable bonds is 2. The van der Waals surface area contributed by atoms with Crippen LogP contribution < -0.4 is 4.90 Å². The molecule has 0 radical (unpaired) electrons. The lowest BCUT2D eigenvalue weighted by molar-refractivity contribution is 0.0852. The molecule has 0 fully saturated rings. The molecule has 86 valence electrons. The Morgan fingerprint density at radius 1 is 1.41 bits per heavy atom. The molecule has 0 atom stereocenters. The number of para-hydroxylation sites is 1. The SMILES string of the molecule is C=CCN1C2=NCCN2C(=O)c2ccccc21. The number of fused-ring (bicyclic) bond motifs is 2. The highest BCUT2D eigenvalue weighted by atomic mass is 16.2. The van der Waals surface area contributed by atoms with E-state index in [0.717, 1.165) is 17.2 Å². The Bertz CT molecular complexity index is 521. The summed E-state index contributed by atoms with van der Waals surface area (Å²) in [5, 5.41) is 0. The molecular formula is C13H13N3O. The van der Waals surface area contributed by atoms with E-state index in [1.54, 1.807) is 4.90 Å². The van der Waals surface area contributed by atoms with Crippen molar-refractivity contribution in [3.8, 4) is 0 Å². The van der Waals surface area contributed by atoms with E-state index < -0.39 is 0 Å². The summed E-state index contributed by atoms with van der Waals surface area (Å²) in [4.78, 5) is 20.4. The number of carbonyl (C=O) groups excluding carboxylic acids is 1. The molecule has 0 aromatic heterocycles. The summed E-state index contributed by atoms with van der Waals surface area (Å²) in [6.45, 7) is 5.79. The Kier molecular flexibility index (Phi) is 2.21. The van der Waals surface area contributed by atoms with Crippen LogP contribution in [0, 0.1) is 0 Å². The highest BCUT2D eigenvalue weighted by Gasteiger charge is 2.36. The molecule has 2 aliphatic heterocycles. The van der Waals surface area contributed by atoms with Gasteiger partial charge in [0.2, 0.25) is 5.96 Å². The van der Waals surface area contributed by atoms with Gasteiger partial charge in [-0.25, -0.2) is 0 Å². The topological polar surface area (TPSA) is 35.9 Å². The van der Waals surface area contributed by atoms with Crippen LogP contribution in [0.25, 0.3) is 0 Å². The van der Waals surface area contributed by atoms with Crippen molar-refractivity contribution in [3.63, 3.8) is 0 Å². The zero-order valence-electron chi connectivity index (χ0n) is 9.47. The van der Waals surface area contributed by atoms with Crippen molar-refractivity contribution in [2.45, 2.75) is 0 Å². The largest absolute Gasteiger partial charge is 0.308 e. The molecule has 0 N–H and O–H groups in total. The minimum absolute atomic E-state index is 0.0529. The molecule has 1 amide bonds. The van der Waals surface area contributed by atoms with Gasteiger partial charge >= 0.3 is 0 Å². The highest BCUT2D eigenvalue weighted by Crippen LogP contribution is 2.29. The number of aliphatic imine (C=N–C) groups is 1. The Labute approximate surface area is 99.9 Å². The van der Waals surface area contributed by atoms with Crippen LogP contribution in [0.4, 0.5) is 5.69 Å². The van der Waals surface area contributed by atoms with E-state index in [9.17, 15) is 4.79 Å². The fourth-order valence-corrected chi connectivity index (χ4v) is 2.31. The van der Waals surface area contributed by atoms with Gasteiger partial charge in [-0.1, -0.05) is 18.2 Å². The van der Waals surface area contributed by atoms with Crippen LogP contribution in [0.5, 0.6) is 0 Å². The van der Waals surface area contributed by atoms with Crippen molar-refractivity contribution in [1.29, 1.82) is 0 Å². The van der Waals surface area contributed by atoms with Crippen molar-refractivity contribution in [3.05, 3.63) is 42.5 Å². The predicted octanol–water partition coefficient (Wildman–Crippen LogP) is 1.50.